The van der Waals surface area contributed by atoms with Crippen LogP contribution in [-0.4, -0.2) is 53.3 Å². The molecule has 0 radical (unpaired) electrons. The van der Waals surface area contributed by atoms with Gasteiger partial charge in [0, 0.05) is 0 Å². The van der Waals surface area contributed by atoms with Crippen LogP contribution in [0.1, 0.15) is 13.8 Å². The fourth-order valence-corrected chi connectivity index (χ4v) is 1.97. The molecule has 5 atom stereocenters. The topological polar surface area (TPSA) is 94.2 Å². The van der Waals surface area contributed by atoms with E-state index < -0.39 is 36.4 Å². The molecule has 0 amide bonds. The molecule has 0 spiro atoms. The first-order valence-electron chi connectivity index (χ1n) is 5.00. The Balaban J connectivity index is 2.05. The van der Waals surface area contributed by atoms with E-state index >= 15 is 0 Å². The van der Waals surface area contributed by atoms with Gasteiger partial charge in [0.25, 0.3) is 0 Å². The molecule has 0 aromatic rings. The molecule has 2 heterocycles. The fraction of sp³-hybridized carbons (Fsp3) is 1.00. The van der Waals surface area contributed by atoms with Crippen molar-refractivity contribution in [2.24, 2.45) is 5.73 Å². The van der Waals surface area contributed by atoms with Crippen LogP contribution in [0.5, 0.6) is 0 Å². The van der Waals surface area contributed by atoms with Crippen LogP contribution in [0.3, 0.4) is 0 Å². The van der Waals surface area contributed by atoms with Crippen LogP contribution in [0, 0.1) is 0 Å². The van der Waals surface area contributed by atoms with Crippen molar-refractivity contribution in [3.05, 3.63) is 0 Å². The van der Waals surface area contributed by atoms with Crippen molar-refractivity contribution in [1.82, 2.24) is 0 Å². The smallest absolute Gasteiger partial charge is 0.190 e. The van der Waals surface area contributed by atoms with Gasteiger partial charge in [0.15, 0.2) is 12.1 Å². The Kier molecular flexibility index (Phi) is 2.74. The largest absolute Gasteiger partial charge is 0.395 e. The predicted octanol–water partition coefficient (Wildman–Crippen LogP) is -1.46. The molecule has 2 rings (SSSR count). The van der Waals surface area contributed by atoms with Crippen LogP contribution in [-0.2, 0) is 14.2 Å². The molecular weight excluding hydrogens is 202 g/mol. The van der Waals surface area contributed by atoms with Gasteiger partial charge >= 0.3 is 0 Å². The second kappa shape index (κ2) is 3.65. The van der Waals surface area contributed by atoms with Gasteiger partial charge in [-0.2, -0.15) is 0 Å². The summed E-state index contributed by atoms with van der Waals surface area (Å²) >= 11 is 0. The number of hydrogen-bond acceptors (Lipinski definition) is 6. The van der Waals surface area contributed by atoms with Gasteiger partial charge in [0.1, 0.15) is 18.3 Å². The Hall–Kier alpha value is -0.240. The highest BCUT2D eigenvalue weighted by Crippen LogP contribution is 2.37. The van der Waals surface area contributed by atoms with Gasteiger partial charge in [-0.05, 0) is 13.8 Å². The van der Waals surface area contributed by atoms with Gasteiger partial charge in [-0.15, -0.1) is 0 Å². The van der Waals surface area contributed by atoms with Gasteiger partial charge in [-0.1, -0.05) is 0 Å². The maximum absolute atomic E-state index is 9.87. The molecule has 2 aliphatic heterocycles. The molecule has 0 bridgehead atoms. The third-order valence-electron chi connectivity index (χ3n) is 2.69. The highest BCUT2D eigenvalue weighted by Gasteiger charge is 2.55. The van der Waals surface area contributed by atoms with E-state index in [1.807, 2.05) is 0 Å². The molecule has 0 saturated carbocycles. The minimum Gasteiger partial charge on any atom is -0.395 e. The summed E-state index contributed by atoms with van der Waals surface area (Å²) in [5, 5.41) is 18.8. The highest BCUT2D eigenvalue weighted by molar-refractivity contribution is 4.96. The maximum Gasteiger partial charge on any atom is 0.190 e. The quantitative estimate of drug-likeness (QED) is 0.525. The molecule has 6 heteroatoms. The van der Waals surface area contributed by atoms with E-state index in [0.717, 1.165) is 0 Å². The average molecular weight is 219 g/mol. The average Bonchev–Trinajstić information content (AvgIpc) is 2.60. The van der Waals surface area contributed by atoms with Crippen LogP contribution in [0.25, 0.3) is 0 Å². The lowest BCUT2D eigenvalue weighted by Gasteiger charge is -2.25. The van der Waals surface area contributed by atoms with Gasteiger partial charge in [0.05, 0.1) is 12.6 Å². The number of ether oxygens (including phenoxy) is 3. The van der Waals surface area contributed by atoms with E-state index in [2.05, 4.69) is 0 Å². The Morgan fingerprint density at radius 3 is 2.60 bits per heavy atom. The van der Waals surface area contributed by atoms with Crippen LogP contribution < -0.4 is 5.73 Å². The van der Waals surface area contributed by atoms with E-state index in [-0.39, 0.29) is 6.61 Å². The van der Waals surface area contributed by atoms with Gasteiger partial charge in [-0.3, -0.25) is 0 Å². The molecule has 2 fully saturated rings. The third kappa shape index (κ3) is 1.89. The Morgan fingerprint density at radius 2 is 2.07 bits per heavy atom. The number of aliphatic hydroxyl groups is 2. The molecule has 0 aromatic heterocycles. The summed E-state index contributed by atoms with van der Waals surface area (Å²) in [7, 11) is 0. The molecule has 0 unspecified atom stereocenters. The predicted molar refractivity (Wildman–Crippen MR) is 49.8 cm³/mol. The molecule has 6 nitrogen and oxygen atoms in total. The standard InChI is InChI=1S/C9H17NO5/c1-9(2)14-7-5(12)6(4(10)3-11)13-8(7)15-9/h4-8,11-12H,3,10H2,1-2H3/t4-,5+,6-,7-,8-/m1/s1. The van der Waals surface area contributed by atoms with Crippen molar-refractivity contribution in [2.75, 3.05) is 6.61 Å². The zero-order valence-electron chi connectivity index (χ0n) is 8.79. The zero-order valence-corrected chi connectivity index (χ0v) is 8.79. The second-order valence-electron chi connectivity index (χ2n) is 4.41. The molecular formula is C9H17NO5. The van der Waals surface area contributed by atoms with Crippen LogP contribution >= 0.6 is 0 Å². The van der Waals surface area contributed by atoms with Crippen molar-refractivity contribution in [2.45, 2.75) is 50.3 Å². The lowest BCUT2D eigenvalue weighted by molar-refractivity contribution is -0.217. The van der Waals surface area contributed by atoms with Crippen molar-refractivity contribution < 1.29 is 24.4 Å². The SMILES string of the molecule is CC1(C)O[C@H]2O[C@H]([C@H](N)CO)[C@H](O)[C@H]2O1. The number of nitrogens with two attached hydrogens (primary N) is 1. The fourth-order valence-electron chi connectivity index (χ4n) is 1.97. The minimum atomic E-state index is -0.862. The molecule has 4 N–H and O–H groups in total. The Morgan fingerprint density at radius 1 is 1.40 bits per heavy atom. The second-order valence-corrected chi connectivity index (χ2v) is 4.41. The molecule has 2 saturated heterocycles. The minimum absolute atomic E-state index is 0.245. The summed E-state index contributed by atoms with van der Waals surface area (Å²) in [6.45, 7) is 3.26. The van der Waals surface area contributed by atoms with Crippen LogP contribution in [0.4, 0.5) is 0 Å². The van der Waals surface area contributed by atoms with Gasteiger partial charge < -0.3 is 30.2 Å². The molecule has 15 heavy (non-hydrogen) atoms. The Bertz CT molecular complexity index is 247. The molecule has 88 valence electrons. The van der Waals surface area contributed by atoms with E-state index in [9.17, 15) is 5.11 Å². The summed E-state index contributed by atoms with van der Waals surface area (Å²) in [6, 6.07) is -0.624. The van der Waals surface area contributed by atoms with Crippen molar-refractivity contribution in [3.8, 4) is 0 Å². The summed E-state index contributed by atoms with van der Waals surface area (Å²) in [5.41, 5.74) is 5.59. The van der Waals surface area contributed by atoms with Crippen molar-refractivity contribution in [1.29, 1.82) is 0 Å². The summed E-state index contributed by atoms with van der Waals surface area (Å²) in [6.07, 6.45) is -2.62. The lowest BCUT2D eigenvalue weighted by atomic mass is 10.1. The van der Waals surface area contributed by atoms with Gasteiger partial charge in [0.2, 0.25) is 0 Å². The molecule has 0 aromatic carbocycles. The number of rotatable bonds is 2. The van der Waals surface area contributed by atoms with Crippen LogP contribution in [0.2, 0.25) is 0 Å². The number of hydrogen-bond donors (Lipinski definition) is 3. The number of fused-ring (bicyclic) bond motifs is 1. The normalized spacial score (nSPS) is 45.4. The highest BCUT2D eigenvalue weighted by atomic mass is 16.8. The van der Waals surface area contributed by atoms with Crippen LogP contribution in [0.15, 0.2) is 0 Å². The monoisotopic (exact) mass is 219 g/mol. The first-order valence-corrected chi connectivity index (χ1v) is 5.00. The zero-order chi connectivity index (χ0) is 11.2. The first kappa shape index (κ1) is 11.3. The van der Waals surface area contributed by atoms with Gasteiger partial charge in [-0.25, -0.2) is 0 Å². The third-order valence-corrected chi connectivity index (χ3v) is 2.69. The summed E-state index contributed by atoms with van der Waals surface area (Å²) < 4.78 is 16.3. The molecule has 0 aliphatic carbocycles. The lowest BCUT2D eigenvalue weighted by Crippen LogP contribution is -2.46. The van der Waals surface area contributed by atoms with E-state index in [1.54, 1.807) is 13.8 Å². The first-order chi connectivity index (χ1) is 6.94. The molecule has 2 aliphatic rings. The van der Waals surface area contributed by atoms with E-state index in [1.165, 1.54) is 0 Å². The van der Waals surface area contributed by atoms with E-state index in [0.29, 0.717) is 0 Å². The van der Waals surface area contributed by atoms with Crippen molar-refractivity contribution >= 4 is 0 Å². The Labute approximate surface area is 87.9 Å². The summed E-state index contributed by atoms with van der Waals surface area (Å²) in [5.74, 6) is -0.745. The summed E-state index contributed by atoms with van der Waals surface area (Å²) in [4.78, 5) is 0. The maximum atomic E-state index is 9.87. The number of aliphatic hydroxyl groups excluding tert-OH is 2. The van der Waals surface area contributed by atoms with E-state index in [4.69, 9.17) is 25.1 Å². The van der Waals surface area contributed by atoms with Crippen molar-refractivity contribution in [3.63, 3.8) is 0 Å².